The van der Waals surface area contributed by atoms with Crippen molar-refractivity contribution in [3.05, 3.63) is 35.9 Å². The first kappa shape index (κ1) is 16.2. The van der Waals surface area contributed by atoms with Gasteiger partial charge in [-0.05, 0) is 26.1 Å². The van der Waals surface area contributed by atoms with Crippen LogP contribution in [-0.2, 0) is 11.3 Å². The van der Waals surface area contributed by atoms with E-state index in [1.54, 1.807) is 0 Å². The van der Waals surface area contributed by atoms with E-state index in [9.17, 15) is 4.79 Å². The van der Waals surface area contributed by atoms with Gasteiger partial charge in [-0.2, -0.15) is 0 Å². The van der Waals surface area contributed by atoms with Gasteiger partial charge in [0.25, 0.3) is 0 Å². The molecule has 0 aliphatic carbocycles. The van der Waals surface area contributed by atoms with Gasteiger partial charge in [0.2, 0.25) is 5.91 Å². The molecule has 1 amide bonds. The largest absolute Gasteiger partial charge is 0.336 e. The summed E-state index contributed by atoms with van der Waals surface area (Å²) in [5, 5.41) is 0. The highest BCUT2D eigenvalue weighted by Gasteiger charge is 2.20. The first-order chi connectivity index (χ1) is 9.04. The summed E-state index contributed by atoms with van der Waals surface area (Å²) in [6.45, 7) is 4.32. The highest BCUT2D eigenvalue weighted by molar-refractivity contribution is 9.10. The van der Waals surface area contributed by atoms with Crippen LogP contribution in [0.5, 0.6) is 0 Å². The van der Waals surface area contributed by atoms with E-state index in [0.717, 1.165) is 19.5 Å². The second-order valence-corrected chi connectivity index (χ2v) is 6.03. The number of hydrogen-bond donors (Lipinski definition) is 0. The van der Waals surface area contributed by atoms with E-state index < -0.39 is 0 Å². The molecule has 1 aromatic carbocycles. The SMILES string of the molecule is CCC(Br)C(=O)N(CCN(C)C)Cc1ccccc1. The third-order valence-corrected chi connectivity index (χ3v) is 4.01. The summed E-state index contributed by atoms with van der Waals surface area (Å²) in [6.07, 6.45) is 0.812. The summed E-state index contributed by atoms with van der Waals surface area (Å²) in [7, 11) is 4.05. The Morgan fingerprint density at radius 2 is 1.84 bits per heavy atom. The smallest absolute Gasteiger partial charge is 0.236 e. The van der Waals surface area contributed by atoms with Gasteiger partial charge in [0.05, 0.1) is 4.83 Å². The van der Waals surface area contributed by atoms with Gasteiger partial charge in [-0.25, -0.2) is 0 Å². The molecule has 106 valence electrons. The molecule has 0 aromatic heterocycles. The fourth-order valence-corrected chi connectivity index (χ4v) is 2.05. The van der Waals surface area contributed by atoms with Crippen LogP contribution in [0, 0.1) is 0 Å². The van der Waals surface area contributed by atoms with E-state index in [-0.39, 0.29) is 10.7 Å². The fourth-order valence-electron chi connectivity index (χ4n) is 1.76. The summed E-state index contributed by atoms with van der Waals surface area (Å²) in [5.74, 6) is 0.174. The van der Waals surface area contributed by atoms with Gasteiger partial charge in [0.15, 0.2) is 0 Å². The van der Waals surface area contributed by atoms with E-state index in [4.69, 9.17) is 0 Å². The maximum atomic E-state index is 12.4. The molecule has 0 spiro atoms. The zero-order valence-electron chi connectivity index (χ0n) is 12.0. The number of carbonyl (C=O) groups excluding carboxylic acids is 1. The van der Waals surface area contributed by atoms with Crippen molar-refractivity contribution < 1.29 is 4.79 Å². The van der Waals surface area contributed by atoms with E-state index in [0.29, 0.717) is 6.54 Å². The van der Waals surface area contributed by atoms with Crippen LogP contribution in [0.25, 0.3) is 0 Å². The molecular weight excluding hydrogens is 304 g/mol. The lowest BCUT2D eigenvalue weighted by Gasteiger charge is -2.26. The monoisotopic (exact) mass is 326 g/mol. The second kappa shape index (κ2) is 8.33. The molecule has 0 N–H and O–H groups in total. The van der Waals surface area contributed by atoms with Crippen molar-refractivity contribution in [1.82, 2.24) is 9.80 Å². The van der Waals surface area contributed by atoms with Gasteiger partial charge in [-0.3, -0.25) is 4.79 Å². The Bertz CT molecular complexity index is 381. The molecule has 0 fully saturated rings. The van der Waals surface area contributed by atoms with Gasteiger partial charge in [-0.15, -0.1) is 0 Å². The maximum absolute atomic E-state index is 12.4. The Kier molecular flexibility index (Phi) is 7.10. The third-order valence-electron chi connectivity index (χ3n) is 2.97. The Morgan fingerprint density at radius 3 is 2.37 bits per heavy atom. The number of alkyl halides is 1. The number of nitrogens with zero attached hydrogens (tertiary/aromatic N) is 2. The van der Waals surface area contributed by atoms with Crippen molar-refractivity contribution in [2.24, 2.45) is 0 Å². The minimum atomic E-state index is -0.0848. The first-order valence-corrected chi connectivity index (χ1v) is 7.57. The average molecular weight is 327 g/mol. The minimum Gasteiger partial charge on any atom is -0.336 e. The van der Waals surface area contributed by atoms with Crippen molar-refractivity contribution in [1.29, 1.82) is 0 Å². The van der Waals surface area contributed by atoms with Crippen LogP contribution in [0.1, 0.15) is 18.9 Å². The van der Waals surface area contributed by atoms with Crippen LogP contribution in [0.4, 0.5) is 0 Å². The molecule has 0 aliphatic rings. The number of rotatable bonds is 7. The summed E-state index contributed by atoms with van der Waals surface area (Å²) in [5.41, 5.74) is 1.17. The number of amides is 1. The highest BCUT2D eigenvalue weighted by atomic mass is 79.9. The van der Waals surface area contributed by atoms with Crippen molar-refractivity contribution in [2.45, 2.75) is 24.7 Å². The Morgan fingerprint density at radius 1 is 1.21 bits per heavy atom. The minimum absolute atomic E-state index is 0.0848. The summed E-state index contributed by atoms with van der Waals surface area (Å²) in [4.78, 5) is 16.3. The second-order valence-electron chi connectivity index (χ2n) is 4.92. The van der Waals surface area contributed by atoms with Crippen molar-refractivity contribution in [2.75, 3.05) is 27.2 Å². The van der Waals surface area contributed by atoms with E-state index in [1.165, 1.54) is 5.56 Å². The lowest BCUT2D eigenvalue weighted by molar-refractivity contribution is -0.131. The zero-order chi connectivity index (χ0) is 14.3. The molecule has 0 radical (unpaired) electrons. The third kappa shape index (κ3) is 5.74. The normalized spacial score (nSPS) is 12.5. The van der Waals surface area contributed by atoms with Gasteiger partial charge in [0.1, 0.15) is 0 Å². The molecule has 1 atom stereocenters. The summed E-state index contributed by atoms with van der Waals surface area (Å²) in [6, 6.07) is 10.1. The van der Waals surface area contributed by atoms with Crippen molar-refractivity contribution >= 4 is 21.8 Å². The Labute approximate surface area is 124 Å². The average Bonchev–Trinajstić information content (AvgIpc) is 2.42. The van der Waals surface area contributed by atoms with Crippen molar-refractivity contribution in [3.8, 4) is 0 Å². The molecule has 1 rings (SSSR count). The van der Waals surface area contributed by atoms with Gasteiger partial charge >= 0.3 is 0 Å². The highest BCUT2D eigenvalue weighted by Crippen LogP contribution is 2.12. The fraction of sp³-hybridized carbons (Fsp3) is 0.533. The van der Waals surface area contributed by atoms with E-state index >= 15 is 0 Å². The summed E-state index contributed by atoms with van der Waals surface area (Å²) >= 11 is 3.46. The summed E-state index contributed by atoms with van der Waals surface area (Å²) < 4.78 is 0. The molecule has 1 unspecified atom stereocenters. The number of carbonyl (C=O) groups is 1. The molecular formula is C15H23BrN2O. The predicted octanol–water partition coefficient (Wildman–Crippen LogP) is 2.75. The lowest BCUT2D eigenvalue weighted by Crippen LogP contribution is -2.40. The number of hydrogen-bond acceptors (Lipinski definition) is 2. The Hall–Kier alpha value is -0.870. The molecule has 19 heavy (non-hydrogen) atoms. The maximum Gasteiger partial charge on any atom is 0.236 e. The molecule has 0 saturated heterocycles. The van der Waals surface area contributed by atoms with Gasteiger partial charge in [0, 0.05) is 19.6 Å². The first-order valence-electron chi connectivity index (χ1n) is 6.66. The van der Waals surface area contributed by atoms with Crippen molar-refractivity contribution in [3.63, 3.8) is 0 Å². The molecule has 0 bridgehead atoms. The predicted molar refractivity (Wildman–Crippen MR) is 83.4 cm³/mol. The van der Waals surface area contributed by atoms with E-state index in [2.05, 4.69) is 33.0 Å². The van der Waals surface area contributed by atoms with Crippen LogP contribution in [0.2, 0.25) is 0 Å². The molecule has 1 aromatic rings. The molecule has 0 heterocycles. The number of halogens is 1. The Balaban J connectivity index is 2.71. The quantitative estimate of drug-likeness (QED) is 0.719. The van der Waals surface area contributed by atoms with Gasteiger partial charge < -0.3 is 9.80 Å². The molecule has 4 heteroatoms. The molecule has 3 nitrogen and oxygen atoms in total. The van der Waals surface area contributed by atoms with Crippen LogP contribution in [-0.4, -0.2) is 47.7 Å². The van der Waals surface area contributed by atoms with Gasteiger partial charge in [-0.1, -0.05) is 53.2 Å². The number of likely N-dealkylation sites (N-methyl/N-ethyl adjacent to an activating group) is 1. The van der Waals surface area contributed by atoms with Crippen LogP contribution in [0.15, 0.2) is 30.3 Å². The topological polar surface area (TPSA) is 23.6 Å². The zero-order valence-corrected chi connectivity index (χ0v) is 13.6. The molecule has 0 saturated carbocycles. The lowest BCUT2D eigenvalue weighted by atomic mass is 10.2. The standard InChI is InChI=1S/C15H23BrN2O/c1-4-14(16)15(19)18(11-10-17(2)3)12-13-8-6-5-7-9-13/h5-9,14H,4,10-12H2,1-3H3. The van der Waals surface area contributed by atoms with Crippen LogP contribution in [0.3, 0.4) is 0 Å². The van der Waals surface area contributed by atoms with Crippen LogP contribution < -0.4 is 0 Å². The van der Waals surface area contributed by atoms with E-state index in [1.807, 2.05) is 44.1 Å². The van der Waals surface area contributed by atoms with Crippen LogP contribution >= 0.6 is 15.9 Å². The number of benzene rings is 1. The molecule has 0 aliphatic heterocycles.